The van der Waals surface area contributed by atoms with Crippen LogP contribution in [-0.4, -0.2) is 40.3 Å². The van der Waals surface area contributed by atoms with Gasteiger partial charge in [0.05, 0.1) is 12.1 Å². The third kappa shape index (κ3) is 3.28. The first-order chi connectivity index (χ1) is 11.3. The number of halogens is 3. The Morgan fingerprint density at radius 3 is 2.58 bits per heavy atom. The maximum absolute atomic E-state index is 12.6. The summed E-state index contributed by atoms with van der Waals surface area (Å²) >= 11 is 1.21. The van der Waals surface area contributed by atoms with E-state index in [1.807, 2.05) is 0 Å². The molecule has 24 heavy (non-hydrogen) atoms. The highest BCUT2D eigenvalue weighted by Gasteiger charge is 2.31. The highest BCUT2D eigenvalue weighted by molar-refractivity contribution is 7.15. The third-order valence-electron chi connectivity index (χ3n) is 3.48. The van der Waals surface area contributed by atoms with E-state index in [1.54, 1.807) is 6.92 Å². The molecule has 1 saturated heterocycles. The second kappa shape index (κ2) is 6.15. The predicted molar refractivity (Wildman–Crippen MR) is 80.3 cm³/mol. The van der Waals surface area contributed by atoms with E-state index in [9.17, 15) is 23.1 Å². The number of rotatable bonds is 2. The number of β-amino-alcohol motifs (C(OH)–C–C–N with tert-alkyl or cyclic N) is 1. The van der Waals surface area contributed by atoms with Crippen LogP contribution in [0.15, 0.2) is 24.3 Å². The minimum Gasteiger partial charge on any atom is -0.389 e. The topological polar surface area (TPSA) is 62.7 Å². The zero-order valence-electron chi connectivity index (χ0n) is 12.5. The Hall–Kier alpha value is -1.97. The van der Waals surface area contributed by atoms with Crippen molar-refractivity contribution in [3.05, 3.63) is 40.4 Å². The summed E-state index contributed by atoms with van der Waals surface area (Å²) in [5.41, 5.74) is -0.0724. The van der Waals surface area contributed by atoms with Crippen LogP contribution in [0.5, 0.6) is 0 Å². The van der Waals surface area contributed by atoms with Gasteiger partial charge < -0.3 is 5.11 Å². The van der Waals surface area contributed by atoms with Gasteiger partial charge in [-0.05, 0) is 19.1 Å². The van der Waals surface area contributed by atoms with E-state index in [1.165, 1.54) is 23.5 Å². The summed E-state index contributed by atoms with van der Waals surface area (Å²) in [4.78, 5) is 22.3. The lowest BCUT2D eigenvalue weighted by atomic mass is 10.1. The van der Waals surface area contributed by atoms with Crippen molar-refractivity contribution in [2.45, 2.75) is 19.2 Å². The Morgan fingerprint density at radius 2 is 2.04 bits per heavy atom. The van der Waals surface area contributed by atoms with Crippen molar-refractivity contribution in [3.63, 3.8) is 0 Å². The molecular formula is C15H13F3N2O3S. The van der Waals surface area contributed by atoms with Crippen LogP contribution in [0.1, 0.15) is 20.9 Å². The van der Waals surface area contributed by atoms with Gasteiger partial charge in [-0.1, -0.05) is 12.1 Å². The summed E-state index contributed by atoms with van der Waals surface area (Å²) in [6, 6.07) is 4.61. The largest absolute Gasteiger partial charge is 0.416 e. The Labute approximate surface area is 139 Å². The molecule has 0 saturated carbocycles. The van der Waals surface area contributed by atoms with E-state index < -0.39 is 23.8 Å². The van der Waals surface area contributed by atoms with Gasteiger partial charge in [-0.3, -0.25) is 9.63 Å². The number of hydrogen-bond acceptors (Lipinski definition) is 5. The molecule has 2 aromatic rings. The van der Waals surface area contributed by atoms with E-state index in [-0.39, 0.29) is 18.8 Å². The number of benzene rings is 1. The smallest absolute Gasteiger partial charge is 0.389 e. The molecule has 0 aliphatic carbocycles. The molecule has 0 spiro atoms. The average Bonchev–Trinajstić information content (AvgIpc) is 3.12. The van der Waals surface area contributed by atoms with Gasteiger partial charge in [-0.2, -0.15) is 13.2 Å². The van der Waals surface area contributed by atoms with E-state index in [0.29, 0.717) is 15.4 Å². The molecule has 3 rings (SSSR count). The summed E-state index contributed by atoms with van der Waals surface area (Å²) in [6.45, 7) is 1.80. The van der Waals surface area contributed by atoms with Gasteiger partial charge in [0.15, 0.2) is 0 Å². The number of nitrogens with zero attached hydrogens (tertiary/aromatic N) is 2. The van der Waals surface area contributed by atoms with Gasteiger partial charge in [0, 0.05) is 10.4 Å². The maximum atomic E-state index is 12.6. The molecule has 0 radical (unpaired) electrons. The normalized spacial score (nSPS) is 18.2. The molecule has 1 aliphatic rings. The van der Waals surface area contributed by atoms with Crippen LogP contribution in [0.3, 0.4) is 0 Å². The molecule has 128 valence electrons. The van der Waals surface area contributed by atoms with Crippen LogP contribution in [0.2, 0.25) is 0 Å². The van der Waals surface area contributed by atoms with E-state index in [4.69, 9.17) is 4.84 Å². The van der Waals surface area contributed by atoms with Crippen molar-refractivity contribution in [1.82, 2.24) is 10.0 Å². The summed E-state index contributed by atoms with van der Waals surface area (Å²) in [5, 5.41) is 10.9. The van der Waals surface area contributed by atoms with Crippen molar-refractivity contribution in [2.75, 3.05) is 13.2 Å². The second-order valence-electron chi connectivity index (χ2n) is 5.31. The molecule has 1 amide bonds. The molecule has 9 heteroatoms. The predicted octanol–water partition coefficient (Wildman–Crippen LogP) is 2.89. The number of carbonyl (C=O) groups is 1. The molecule has 1 aromatic heterocycles. The van der Waals surface area contributed by atoms with Crippen LogP contribution >= 0.6 is 11.3 Å². The number of amides is 1. The first-order valence-electron chi connectivity index (χ1n) is 7.03. The molecule has 0 bridgehead atoms. The molecular weight excluding hydrogens is 345 g/mol. The van der Waals surface area contributed by atoms with Crippen molar-refractivity contribution in [2.24, 2.45) is 0 Å². The summed E-state index contributed by atoms with van der Waals surface area (Å²) in [5.74, 6) is -0.474. The van der Waals surface area contributed by atoms with Gasteiger partial charge >= 0.3 is 6.18 Å². The first-order valence-corrected chi connectivity index (χ1v) is 7.85. The number of thiazole rings is 1. The molecule has 1 aliphatic heterocycles. The molecule has 1 aromatic carbocycles. The average molecular weight is 358 g/mol. The fraction of sp³-hybridized carbons (Fsp3) is 0.333. The summed E-state index contributed by atoms with van der Waals surface area (Å²) < 4.78 is 37.8. The number of hydroxylamine groups is 2. The van der Waals surface area contributed by atoms with E-state index in [2.05, 4.69) is 4.98 Å². The first kappa shape index (κ1) is 16.9. The Bertz CT molecular complexity index is 758. The van der Waals surface area contributed by atoms with Crippen LogP contribution in [-0.2, 0) is 11.0 Å². The van der Waals surface area contributed by atoms with Gasteiger partial charge in [0.2, 0.25) is 0 Å². The SMILES string of the molecule is Cc1sc(-c2ccc(C(F)(F)F)cc2)nc1C(=O)N1C[C@H](O)CO1. The zero-order chi connectivity index (χ0) is 17.5. The minimum absolute atomic E-state index is 0.0423. The molecule has 1 N–H and O–H groups in total. The fourth-order valence-corrected chi connectivity index (χ4v) is 3.16. The van der Waals surface area contributed by atoms with Crippen molar-refractivity contribution >= 4 is 17.2 Å². The molecule has 1 atom stereocenters. The van der Waals surface area contributed by atoms with Gasteiger partial charge in [-0.25, -0.2) is 10.0 Å². The van der Waals surface area contributed by atoms with Crippen LogP contribution in [0, 0.1) is 6.92 Å². The number of carbonyl (C=O) groups excluding carboxylic acids is 1. The van der Waals surface area contributed by atoms with Gasteiger partial charge in [0.1, 0.15) is 23.4 Å². The number of aliphatic hydroxyl groups is 1. The lowest BCUT2D eigenvalue weighted by Gasteiger charge is -2.12. The number of alkyl halides is 3. The summed E-state index contributed by atoms with van der Waals surface area (Å²) in [6.07, 6.45) is -5.13. The zero-order valence-corrected chi connectivity index (χ0v) is 13.3. The lowest BCUT2D eigenvalue weighted by Crippen LogP contribution is -2.29. The van der Waals surface area contributed by atoms with Crippen molar-refractivity contribution in [3.8, 4) is 10.6 Å². The maximum Gasteiger partial charge on any atom is 0.416 e. The molecule has 0 unspecified atom stereocenters. The Balaban J connectivity index is 1.85. The van der Waals surface area contributed by atoms with Gasteiger partial charge in [-0.15, -0.1) is 11.3 Å². The fourth-order valence-electron chi connectivity index (χ4n) is 2.25. The minimum atomic E-state index is -4.40. The van der Waals surface area contributed by atoms with Crippen LogP contribution < -0.4 is 0 Å². The van der Waals surface area contributed by atoms with E-state index >= 15 is 0 Å². The second-order valence-corrected chi connectivity index (χ2v) is 6.52. The lowest BCUT2D eigenvalue weighted by molar-refractivity contribution is -0.137. The molecule has 5 nitrogen and oxygen atoms in total. The number of aromatic nitrogens is 1. The number of hydrogen-bond donors (Lipinski definition) is 1. The molecule has 1 fully saturated rings. The highest BCUT2D eigenvalue weighted by Crippen LogP contribution is 2.33. The van der Waals surface area contributed by atoms with E-state index in [0.717, 1.165) is 17.2 Å². The third-order valence-corrected chi connectivity index (χ3v) is 4.50. The number of aryl methyl sites for hydroxylation is 1. The van der Waals surface area contributed by atoms with Crippen LogP contribution in [0.4, 0.5) is 13.2 Å². The van der Waals surface area contributed by atoms with Crippen molar-refractivity contribution < 1.29 is 27.9 Å². The Kier molecular flexibility index (Phi) is 4.33. The van der Waals surface area contributed by atoms with Crippen molar-refractivity contribution in [1.29, 1.82) is 0 Å². The summed E-state index contributed by atoms with van der Waals surface area (Å²) in [7, 11) is 0. The van der Waals surface area contributed by atoms with Gasteiger partial charge in [0.25, 0.3) is 5.91 Å². The standard InChI is InChI=1S/C15H13F3N2O3S/c1-8-12(14(22)20-6-11(21)7-23-20)19-13(24-8)9-2-4-10(5-3-9)15(16,17)18/h2-5,11,21H,6-7H2,1H3/t11-/m0/s1. The monoisotopic (exact) mass is 358 g/mol. The number of aliphatic hydroxyl groups excluding tert-OH is 1. The van der Waals surface area contributed by atoms with Crippen LogP contribution in [0.25, 0.3) is 10.6 Å². The Morgan fingerprint density at radius 1 is 1.38 bits per heavy atom. The quantitative estimate of drug-likeness (QED) is 0.897. The highest BCUT2D eigenvalue weighted by atomic mass is 32.1. The molecule has 2 heterocycles.